The minimum atomic E-state index is 0. The Kier molecular flexibility index (Phi) is 4.37. The third-order valence-electron chi connectivity index (χ3n) is 1.99. The smallest absolute Gasteiger partial charge is 0.106 e. The second kappa shape index (κ2) is 5.33. The van der Waals surface area contributed by atoms with E-state index < -0.39 is 0 Å². The molecule has 0 amide bonds. The molecular formula is C10H15O2P. The van der Waals surface area contributed by atoms with Gasteiger partial charge in [0.25, 0.3) is 0 Å². The Hall–Kier alpha value is -0.430. The zero-order chi connectivity index (χ0) is 8.23. The molecule has 0 spiro atoms. The van der Waals surface area contributed by atoms with Crippen molar-refractivity contribution in [3.63, 3.8) is 0 Å². The second-order valence-electron chi connectivity index (χ2n) is 2.85. The Bertz CT molecular complexity index is 232. The van der Waals surface area contributed by atoms with Gasteiger partial charge in [-0.1, -0.05) is 30.3 Å². The number of rotatable bonds is 1. The van der Waals surface area contributed by atoms with Gasteiger partial charge < -0.3 is 9.47 Å². The van der Waals surface area contributed by atoms with Crippen LogP contribution in [0.5, 0.6) is 0 Å². The molecule has 72 valence electrons. The van der Waals surface area contributed by atoms with Crippen LogP contribution < -0.4 is 0 Å². The van der Waals surface area contributed by atoms with Gasteiger partial charge in [-0.25, -0.2) is 0 Å². The summed E-state index contributed by atoms with van der Waals surface area (Å²) in [5.74, 6) is 0. The monoisotopic (exact) mass is 198 g/mol. The third-order valence-corrected chi connectivity index (χ3v) is 1.99. The van der Waals surface area contributed by atoms with Gasteiger partial charge in [-0.2, -0.15) is 9.90 Å². The summed E-state index contributed by atoms with van der Waals surface area (Å²) in [6.07, 6.45) is 0.139. The van der Waals surface area contributed by atoms with E-state index in [9.17, 15) is 0 Å². The summed E-state index contributed by atoms with van der Waals surface area (Å²) in [5, 5.41) is 0. The van der Waals surface area contributed by atoms with Crippen LogP contribution >= 0.6 is 9.90 Å². The summed E-state index contributed by atoms with van der Waals surface area (Å²) in [5.41, 5.74) is 1.21. The van der Waals surface area contributed by atoms with Crippen LogP contribution in [0.1, 0.15) is 11.7 Å². The van der Waals surface area contributed by atoms with Crippen LogP contribution in [0.15, 0.2) is 30.3 Å². The molecule has 0 aliphatic carbocycles. The molecule has 13 heavy (non-hydrogen) atoms. The van der Waals surface area contributed by atoms with Gasteiger partial charge in [-0.15, -0.1) is 0 Å². The Balaban J connectivity index is 0.000000845. The van der Waals surface area contributed by atoms with Crippen LogP contribution in [0.3, 0.4) is 0 Å². The molecular weight excluding hydrogens is 183 g/mol. The van der Waals surface area contributed by atoms with E-state index in [-0.39, 0.29) is 16.0 Å². The minimum Gasteiger partial charge on any atom is -0.376 e. The largest absolute Gasteiger partial charge is 0.376 e. The average molecular weight is 198 g/mol. The lowest BCUT2D eigenvalue weighted by atomic mass is 10.1. The molecule has 1 saturated heterocycles. The van der Waals surface area contributed by atoms with Crippen LogP contribution in [0.4, 0.5) is 0 Å². The first kappa shape index (κ1) is 10.6. The van der Waals surface area contributed by atoms with Crippen molar-refractivity contribution in [2.75, 3.05) is 19.8 Å². The Morgan fingerprint density at radius 3 is 2.46 bits per heavy atom. The molecule has 0 aromatic heterocycles. The molecule has 2 nitrogen and oxygen atoms in total. The maximum Gasteiger partial charge on any atom is 0.106 e. The number of hydrogen-bond donors (Lipinski definition) is 0. The van der Waals surface area contributed by atoms with Gasteiger partial charge in [0.05, 0.1) is 19.8 Å². The number of hydrogen-bond acceptors (Lipinski definition) is 2. The minimum absolute atomic E-state index is 0. The summed E-state index contributed by atoms with van der Waals surface area (Å²) < 4.78 is 10.9. The SMILES string of the molecule is P.c1ccc(C2COCCO2)cc1. The highest BCUT2D eigenvalue weighted by atomic mass is 31.0. The highest BCUT2D eigenvalue weighted by molar-refractivity contribution is 6.92. The van der Waals surface area contributed by atoms with E-state index >= 15 is 0 Å². The summed E-state index contributed by atoms with van der Waals surface area (Å²) in [6.45, 7) is 2.12. The number of benzene rings is 1. The van der Waals surface area contributed by atoms with E-state index in [1.165, 1.54) is 5.56 Å². The highest BCUT2D eigenvalue weighted by Crippen LogP contribution is 2.19. The quantitative estimate of drug-likeness (QED) is 0.641. The van der Waals surface area contributed by atoms with E-state index in [4.69, 9.17) is 9.47 Å². The fourth-order valence-electron chi connectivity index (χ4n) is 1.35. The highest BCUT2D eigenvalue weighted by Gasteiger charge is 2.15. The molecule has 0 bridgehead atoms. The van der Waals surface area contributed by atoms with Crippen molar-refractivity contribution in [3.8, 4) is 0 Å². The molecule has 2 atom stereocenters. The maximum atomic E-state index is 5.54. The van der Waals surface area contributed by atoms with Crippen LogP contribution in [0.2, 0.25) is 0 Å². The van der Waals surface area contributed by atoms with Gasteiger partial charge in [-0.3, -0.25) is 0 Å². The van der Waals surface area contributed by atoms with Crippen LogP contribution in [-0.4, -0.2) is 19.8 Å². The van der Waals surface area contributed by atoms with Gasteiger partial charge in [0, 0.05) is 0 Å². The Labute approximate surface area is 81.9 Å². The second-order valence-corrected chi connectivity index (χ2v) is 2.85. The maximum absolute atomic E-state index is 5.54. The van der Waals surface area contributed by atoms with Crippen molar-refractivity contribution in [2.24, 2.45) is 0 Å². The molecule has 2 rings (SSSR count). The van der Waals surface area contributed by atoms with Crippen molar-refractivity contribution in [1.82, 2.24) is 0 Å². The van der Waals surface area contributed by atoms with Crippen LogP contribution in [0, 0.1) is 0 Å². The fourth-order valence-corrected chi connectivity index (χ4v) is 1.35. The predicted octanol–water partition coefficient (Wildman–Crippen LogP) is 1.83. The molecule has 1 fully saturated rings. The van der Waals surface area contributed by atoms with Gasteiger partial charge in [0.1, 0.15) is 6.10 Å². The molecule has 0 radical (unpaired) electrons. The first-order valence-corrected chi connectivity index (χ1v) is 4.21. The van der Waals surface area contributed by atoms with Crippen molar-refractivity contribution in [1.29, 1.82) is 0 Å². The van der Waals surface area contributed by atoms with Crippen molar-refractivity contribution >= 4 is 9.90 Å². The lowest BCUT2D eigenvalue weighted by Gasteiger charge is -2.22. The van der Waals surface area contributed by atoms with E-state index in [1.807, 2.05) is 18.2 Å². The molecule has 0 saturated carbocycles. The molecule has 1 aliphatic heterocycles. The van der Waals surface area contributed by atoms with Crippen LogP contribution in [-0.2, 0) is 9.47 Å². The van der Waals surface area contributed by atoms with E-state index in [0.717, 1.165) is 6.61 Å². The van der Waals surface area contributed by atoms with Gasteiger partial charge in [0.15, 0.2) is 0 Å². The van der Waals surface area contributed by atoms with Crippen LogP contribution in [0.25, 0.3) is 0 Å². The van der Waals surface area contributed by atoms with Gasteiger partial charge in [0.2, 0.25) is 0 Å². The molecule has 1 aromatic carbocycles. The summed E-state index contributed by atoms with van der Waals surface area (Å²) in [4.78, 5) is 0. The van der Waals surface area contributed by atoms with Crippen molar-refractivity contribution in [2.45, 2.75) is 6.10 Å². The molecule has 0 N–H and O–H groups in total. The molecule has 2 unspecified atom stereocenters. The fraction of sp³-hybridized carbons (Fsp3) is 0.400. The predicted molar refractivity (Wildman–Crippen MR) is 57.1 cm³/mol. The van der Waals surface area contributed by atoms with Crippen molar-refractivity contribution < 1.29 is 9.47 Å². The average Bonchev–Trinajstić information content (AvgIpc) is 2.21. The Morgan fingerprint density at radius 1 is 1.08 bits per heavy atom. The lowest BCUT2D eigenvalue weighted by Crippen LogP contribution is -2.21. The summed E-state index contributed by atoms with van der Waals surface area (Å²) in [7, 11) is 0. The van der Waals surface area contributed by atoms with E-state index in [2.05, 4.69) is 12.1 Å². The van der Waals surface area contributed by atoms with Gasteiger partial charge in [-0.05, 0) is 5.56 Å². The summed E-state index contributed by atoms with van der Waals surface area (Å²) >= 11 is 0. The number of ether oxygens (including phenoxy) is 2. The third kappa shape index (κ3) is 2.77. The first-order valence-electron chi connectivity index (χ1n) is 4.21. The zero-order valence-electron chi connectivity index (χ0n) is 7.61. The molecule has 1 heterocycles. The Morgan fingerprint density at radius 2 is 1.85 bits per heavy atom. The topological polar surface area (TPSA) is 18.5 Å². The molecule has 1 aliphatic rings. The molecule has 3 heteroatoms. The molecule has 1 aromatic rings. The standard InChI is InChI=1S/C10H12O2.H3P/c1-2-4-9(5-3-1)10-8-11-6-7-12-10;/h1-5,10H,6-8H2;1H3. The van der Waals surface area contributed by atoms with Crippen molar-refractivity contribution in [3.05, 3.63) is 35.9 Å². The first-order chi connectivity index (χ1) is 5.97. The summed E-state index contributed by atoms with van der Waals surface area (Å²) in [6, 6.07) is 10.2. The van der Waals surface area contributed by atoms with Gasteiger partial charge >= 0.3 is 0 Å². The normalized spacial score (nSPS) is 22.0. The zero-order valence-corrected chi connectivity index (χ0v) is 9.02. The lowest BCUT2D eigenvalue weighted by molar-refractivity contribution is -0.0901. The van der Waals surface area contributed by atoms with E-state index in [0.29, 0.717) is 13.2 Å². The van der Waals surface area contributed by atoms with E-state index in [1.54, 1.807) is 0 Å².